The van der Waals surface area contributed by atoms with Gasteiger partial charge in [-0.1, -0.05) is 30.9 Å². The number of hydrogen-bond donors (Lipinski definition) is 0. The third kappa shape index (κ3) is 6.16. The molecule has 0 saturated carbocycles. The molecule has 0 amide bonds. The monoisotopic (exact) mass is 270 g/mol. The van der Waals surface area contributed by atoms with Gasteiger partial charge in [0.25, 0.3) is 0 Å². The molecule has 1 rings (SSSR count). The molecule has 0 N–H and O–H groups in total. The molecule has 0 aromatic carbocycles. The van der Waals surface area contributed by atoms with Gasteiger partial charge in [0, 0.05) is 13.2 Å². The van der Waals surface area contributed by atoms with Crippen LogP contribution in [0.2, 0.25) is 19.6 Å². The van der Waals surface area contributed by atoms with E-state index in [4.69, 9.17) is 9.47 Å². The third-order valence-corrected chi connectivity index (χ3v) is 6.06. The van der Waals surface area contributed by atoms with Crippen molar-refractivity contribution in [2.24, 2.45) is 0 Å². The van der Waals surface area contributed by atoms with Gasteiger partial charge in [-0.15, -0.1) is 0 Å². The smallest absolute Gasteiger partial charge is 0.157 e. The van der Waals surface area contributed by atoms with Gasteiger partial charge in [-0.05, 0) is 45.4 Å². The van der Waals surface area contributed by atoms with Gasteiger partial charge in [-0.2, -0.15) is 0 Å². The van der Waals surface area contributed by atoms with E-state index < -0.39 is 8.07 Å². The quantitative estimate of drug-likeness (QED) is 0.500. The molecule has 1 atom stereocenters. The molecule has 1 heterocycles. The summed E-state index contributed by atoms with van der Waals surface area (Å²) in [6, 6.07) is 0. The number of ether oxygens (including phenoxy) is 2. The minimum Gasteiger partial charge on any atom is -0.353 e. The first kappa shape index (κ1) is 15.9. The summed E-state index contributed by atoms with van der Waals surface area (Å²) >= 11 is 0. The van der Waals surface area contributed by atoms with Crippen LogP contribution in [-0.2, 0) is 9.47 Å². The average molecular weight is 270 g/mol. The molecular weight excluding hydrogens is 240 g/mol. The van der Waals surface area contributed by atoms with Crippen molar-refractivity contribution in [1.82, 2.24) is 0 Å². The Morgan fingerprint density at radius 1 is 1.28 bits per heavy atom. The maximum atomic E-state index is 5.75. The molecule has 3 heteroatoms. The Labute approximate surface area is 114 Å². The highest BCUT2D eigenvalue weighted by Gasteiger charge is 2.18. The molecule has 0 aliphatic carbocycles. The third-order valence-electron chi connectivity index (χ3n) is 3.59. The second-order valence-corrected chi connectivity index (χ2v) is 11.3. The van der Waals surface area contributed by atoms with Crippen LogP contribution in [0.25, 0.3) is 0 Å². The van der Waals surface area contributed by atoms with Gasteiger partial charge in [-0.25, -0.2) is 0 Å². The average Bonchev–Trinajstić information content (AvgIpc) is 2.33. The Morgan fingerprint density at radius 3 is 2.61 bits per heavy atom. The lowest BCUT2D eigenvalue weighted by Crippen LogP contribution is -2.24. The van der Waals surface area contributed by atoms with E-state index in [0.717, 1.165) is 26.1 Å². The lowest BCUT2D eigenvalue weighted by atomic mass is 10.2. The summed E-state index contributed by atoms with van der Waals surface area (Å²) in [6.07, 6.45) is 9.59. The summed E-state index contributed by atoms with van der Waals surface area (Å²) < 4.78 is 11.3. The lowest BCUT2D eigenvalue weighted by molar-refractivity contribution is -0.162. The molecule has 0 radical (unpaired) electrons. The Kier molecular flexibility index (Phi) is 7.20. The number of hydrogen-bond acceptors (Lipinski definition) is 2. The standard InChI is InChI=1S/C15H30O2Si/c1-5-14(18(2,3)4)10-6-8-12-16-15-11-7-9-13-17-15/h5,15H,6-13H2,1-4H3/b14-5-. The summed E-state index contributed by atoms with van der Waals surface area (Å²) in [6.45, 7) is 11.2. The molecule has 0 spiro atoms. The van der Waals surface area contributed by atoms with Crippen LogP contribution in [0, 0.1) is 0 Å². The highest BCUT2D eigenvalue weighted by Crippen LogP contribution is 2.20. The van der Waals surface area contributed by atoms with Crippen LogP contribution in [0.5, 0.6) is 0 Å². The first-order valence-electron chi connectivity index (χ1n) is 7.43. The Bertz CT molecular complexity index is 250. The normalized spacial score (nSPS) is 22.2. The van der Waals surface area contributed by atoms with E-state index in [1.54, 1.807) is 5.20 Å². The summed E-state index contributed by atoms with van der Waals surface area (Å²) in [7, 11) is -1.08. The van der Waals surface area contributed by atoms with Crippen LogP contribution in [0.3, 0.4) is 0 Å². The number of unbranched alkanes of at least 4 members (excludes halogenated alkanes) is 1. The maximum absolute atomic E-state index is 5.75. The van der Waals surface area contributed by atoms with Gasteiger partial charge in [-0.3, -0.25) is 0 Å². The minimum atomic E-state index is -1.08. The zero-order valence-corrected chi connectivity index (χ0v) is 13.6. The van der Waals surface area contributed by atoms with Crippen LogP contribution in [-0.4, -0.2) is 27.6 Å². The molecular formula is C15H30O2Si. The van der Waals surface area contributed by atoms with Crippen molar-refractivity contribution in [1.29, 1.82) is 0 Å². The molecule has 106 valence electrons. The van der Waals surface area contributed by atoms with Crippen LogP contribution < -0.4 is 0 Å². The number of rotatable bonds is 7. The van der Waals surface area contributed by atoms with E-state index in [1.807, 2.05) is 0 Å². The van der Waals surface area contributed by atoms with Gasteiger partial charge in [0.1, 0.15) is 0 Å². The Morgan fingerprint density at radius 2 is 2.06 bits per heavy atom. The summed E-state index contributed by atoms with van der Waals surface area (Å²) in [5.41, 5.74) is 0. The van der Waals surface area contributed by atoms with Crippen LogP contribution in [0.1, 0.15) is 45.4 Å². The molecule has 18 heavy (non-hydrogen) atoms. The zero-order valence-electron chi connectivity index (χ0n) is 12.6. The molecule has 1 saturated heterocycles. The molecule has 0 aromatic heterocycles. The molecule has 0 bridgehead atoms. The van der Waals surface area contributed by atoms with Crippen LogP contribution in [0.4, 0.5) is 0 Å². The van der Waals surface area contributed by atoms with Crippen LogP contribution in [0.15, 0.2) is 11.3 Å². The van der Waals surface area contributed by atoms with Crippen LogP contribution >= 0.6 is 0 Å². The fourth-order valence-electron chi connectivity index (χ4n) is 2.43. The molecule has 1 fully saturated rings. The fraction of sp³-hybridized carbons (Fsp3) is 0.867. The van der Waals surface area contributed by atoms with E-state index in [-0.39, 0.29) is 6.29 Å². The topological polar surface area (TPSA) is 18.5 Å². The first-order valence-corrected chi connectivity index (χ1v) is 10.9. The highest BCUT2D eigenvalue weighted by molar-refractivity contribution is 6.83. The maximum Gasteiger partial charge on any atom is 0.157 e. The highest BCUT2D eigenvalue weighted by atomic mass is 28.3. The Hall–Kier alpha value is -0.123. The molecule has 1 unspecified atom stereocenters. The van der Waals surface area contributed by atoms with Gasteiger partial charge in [0.05, 0.1) is 8.07 Å². The first-order chi connectivity index (χ1) is 8.54. The van der Waals surface area contributed by atoms with E-state index in [9.17, 15) is 0 Å². The number of allylic oxidation sites excluding steroid dienone is 2. The van der Waals surface area contributed by atoms with Crippen molar-refractivity contribution in [2.75, 3.05) is 13.2 Å². The van der Waals surface area contributed by atoms with Crippen molar-refractivity contribution >= 4 is 8.07 Å². The van der Waals surface area contributed by atoms with Gasteiger partial charge < -0.3 is 9.47 Å². The second kappa shape index (κ2) is 8.13. The van der Waals surface area contributed by atoms with Gasteiger partial charge in [0.2, 0.25) is 0 Å². The SMILES string of the molecule is C/C=C(/CCCCOC1CCCCO1)[Si](C)(C)C. The van der Waals surface area contributed by atoms with E-state index in [1.165, 1.54) is 25.7 Å². The Balaban J connectivity index is 2.07. The minimum absolute atomic E-state index is 0.0805. The van der Waals surface area contributed by atoms with E-state index >= 15 is 0 Å². The summed E-state index contributed by atoms with van der Waals surface area (Å²) in [5, 5.41) is 1.69. The predicted molar refractivity (Wildman–Crippen MR) is 80.5 cm³/mol. The van der Waals surface area contributed by atoms with Crippen molar-refractivity contribution < 1.29 is 9.47 Å². The fourth-order valence-corrected chi connectivity index (χ4v) is 4.22. The molecule has 1 aliphatic heterocycles. The predicted octanol–water partition coefficient (Wildman–Crippen LogP) is 4.52. The summed E-state index contributed by atoms with van der Waals surface area (Å²) in [5.74, 6) is 0. The largest absolute Gasteiger partial charge is 0.353 e. The van der Waals surface area contributed by atoms with Crippen molar-refractivity contribution in [2.45, 2.75) is 71.4 Å². The molecule has 1 aliphatic rings. The van der Waals surface area contributed by atoms with E-state index in [0.29, 0.717) is 0 Å². The summed E-state index contributed by atoms with van der Waals surface area (Å²) in [4.78, 5) is 0. The van der Waals surface area contributed by atoms with E-state index in [2.05, 4.69) is 32.6 Å². The van der Waals surface area contributed by atoms with Crippen molar-refractivity contribution in [3.05, 3.63) is 11.3 Å². The molecule has 0 aromatic rings. The van der Waals surface area contributed by atoms with Crippen molar-refractivity contribution in [3.63, 3.8) is 0 Å². The van der Waals surface area contributed by atoms with Gasteiger partial charge in [0.15, 0.2) is 6.29 Å². The lowest BCUT2D eigenvalue weighted by Gasteiger charge is -2.23. The van der Waals surface area contributed by atoms with Crippen molar-refractivity contribution in [3.8, 4) is 0 Å². The second-order valence-electron chi connectivity index (χ2n) is 6.19. The molecule has 2 nitrogen and oxygen atoms in total. The van der Waals surface area contributed by atoms with Gasteiger partial charge >= 0.3 is 0 Å². The zero-order chi connectivity index (χ0) is 13.4.